The van der Waals surface area contributed by atoms with E-state index in [4.69, 9.17) is 44.9 Å². The number of nitrogens with zero attached hydrogens (tertiary/aromatic N) is 12. The monoisotopic (exact) mass is 1770 g/mol. The van der Waals surface area contributed by atoms with Crippen LogP contribution in [0, 0.1) is 0 Å². The van der Waals surface area contributed by atoms with E-state index in [0.717, 1.165) is 66.9 Å². The zero-order valence-electron chi connectivity index (χ0n) is 76.9. The summed E-state index contributed by atoms with van der Waals surface area (Å²) in [4.78, 5) is 44.9. The summed E-state index contributed by atoms with van der Waals surface area (Å²) in [5.41, 5.74) is 34.9. The minimum atomic E-state index is -0.139. The molecule has 12 heteroatoms. The first-order valence-electron chi connectivity index (χ1n) is 47.1. The summed E-state index contributed by atoms with van der Waals surface area (Å²) < 4.78 is 7.02. The normalized spacial score (nSPS) is 13.2. The summed E-state index contributed by atoms with van der Waals surface area (Å²) in [5, 5.41) is 7.38. The van der Waals surface area contributed by atoms with Crippen LogP contribution in [0.2, 0.25) is 0 Å². The molecule has 18 aromatic carbocycles. The van der Waals surface area contributed by atoms with Crippen molar-refractivity contribution in [2.24, 2.45) is 0 Å². The third-order valence-electron chi connectivity index (χ3n) is 28.4. The van der Waals surface area contributed by atoms with Gasteiger partial charge in [0.2, 0.25) is 5.95 Å². The average Bonchev–Trinajstić information content (AvgIpc) is 1.55. The van der Waals surface area contributed by atoms with E-state index in [9.17, 15) is 0 Å². The van der Waals surface area contributed by atoms with Gasteiger partial charge in [-0.15, -0.1) is 0 Å². The largest absolute Gasteiger partial charge is 0.309 e. The average molecular weight is 1770 g/mol. The Morgan fingerprint density at radius 1 is 0.152 bits per heavy atom. The molecule has 0 amide bonds. The quantitative estimate of drug-likeness (QED) is 0.117. The SMILES string of the molecule is CC1(C)c2ccccc2-c2cc3c(cc21)c1ccccc1n3-c1ccc(-c2nc(-c3ccccc3)nc(-c3ccccc3)n2)cc1.CC1(C)c2ccccc2-c2cc3c4cc(-c5ccccc5)ccc4n(-c4nc(-c5ccccc5)nc(-c5ccccc5)n4)c3cc21.CC1(C)c2ccccc2-c2cc3c4ccccc4n(-c4cccc(-c5nc(-c6ccccc6)nc(-c6ccccc6)n5)c4)c3cc21. The fourth-order valence-corrected chi connectivity index (χ4v) is 21.4. The molecule has 0 bridgehead atoms. The molecule has 0 N–H and O–H groups in total. The first-order valence-corrected chi connectivity index (χ1v) is 47.1. The van der Waals surface area contributed by atoms with Crippen molar-refractivity contribution in [1.82, 2.24) is 58.6 Å². The van der Waals surface area contributed by atoms with Crippen molar-refractivity contribution in [3.8, 4) is 153 Å². The Kier molecular flexibility index (Phi) is 19.6. The number of benzene rings is 18. The maximum Gasteiger partial charge on any atom is 0.238 e. The lowest BCUT2D eigenvalue weighted by Gasteiger charge is -2.21. The summed E-state index contributed by atoms with van der Waals surface area (Å²) in [6.07, 6.45) is 0. The molecule has 0 radical (unpaired) electrons. The number of aromatic nitrogens is 12. The second-order valence-corrected chi connectivity index (χ2v) is 37.6. The standard InChI is InChI=1S/3C42H30N4/c1-42(2)35-21-13-12-20-31(35)32-25-34-33-24-30(27-14-6-3-7-15-27)22-23-37(33)46(38(34)26-36(32)42)41-44-39(28-16-8-4-9-17-28)43-40(45-41)29-18-10-5-11-19-29;1-42(2)35-22-11-9-20-31(35)33-25-34-32-21-10-12-23-37(32)46(38(34)26-36(33)42)30-19-13-18-29(24-30)41-44-39(27-14-5-3-6-15-27)43-40(45-41)28-16-7-4-8-17-28;1-42(2)35-19-11-9-17-31(35)33-26-38-34(25-36(33)42)32-18-10-12-20-37(32)46(38)30-23-21-29(22-24-30)41-44-39(27-13-5-3-6-14-27)43-40(45-41)28-15-7-4-8-16-28/h3*3-26H,1-2H3. The van der Waals surface area contributed by atoms with Crippen LogP contribution in [0.4, 0.5) is 0 Å². The van der Waals surface area contributed by atoms with Crippen LogP contribution in [0.5, 0.6) is 0 Å². The lowest BCUT2D eigenvalue weighted by molar-refractivity contribution is 0.661. The zero-order chi connectivity index (χ0) is 92.5. The van der Waals surface area contributed by atoms with Gasteiger partial charge in [0.15, 0.2) is 46.6 Å². The summed E-state index contributed by atoms with van der Waals surface area (Å²) in [5.74, 6) is 5.83. The minimum absolute atomic E-state index is 0.0489. The highest BCUT2D eigenvalue weighted by Crippen LogP contribution is 2.55. The van der Waals surface area contributed by atoms with Gasteiger partial charge in [0, 0.05) is 104 Å². The fourth-order valence-electron chi connectivity index (χ4n) is 21.4. The Morgan fingerprint density at radius 2 is 0.435 bits per heavy atom. The van der Waals surface area contributed by atoms with E-state index in [0.29, 0.717) is 52.5 Å². The van der Waals surface area contributed by atoms with Crippen LogP contribution in [0.25, 0.3) is 218 Å². The molecule has 138 heavy (non-hydrogen) atoms. The molecular formula is C126H90N12. The van der Waals surface area contributed by atoms with Crippen LogP contribution >= 0.6 is 0 Å². The molecule has 0 saturated carbocycles. The number of para-hydroxylation sites is 2. The summed E-state index contributed by atoms with van der Waals surface area (Å²) in [6.45, 7) is 14.0. The Hall–Kier alpha value is -17.6. The maximum atomic E-state index is 5.16. The van der Waals surface area contributed by atoms with Crippen molar-refractivity contribution in [1.29, 1.82) is 0 Å². The maximum absolute atomic E-state index is 5.16. The van der Waals surface area contributed by atoms with Gasteiger partial charge in [0.05, 0.1) is 33.1 Å². The van der Waals surface area contributed by atoms with Gasteiger partial charge < -0.3 is 9.13 Å². The number of hydrogen-bond donors (Lipinski definition) is 0. The van der Waals surface area contributed by atoms with Gasteiger partial charge in [-0.25, -0.2) is 34.9 Å². The van der Waals surface area contributed by atoms with Gasteiger partial charge in [-0.2, -0.15) is 9.97 Å². The smallest absolute Gasteiger partial charge is 0.238 e. The topological polar surface area (TPSA) is 131 Å². The third-order valence-corrected chi connectivity index (χ3v) is 28.4. The minimum Gasteiger partial charge on any atom is -0.309 e. The molecule has 0 spiro atoms. The fraction of sp³-hybridized carbons (Fsp3) is 0.0714. The molecule has 3 aliphatic carbocycles. The van der Waals surface area contributed by atoms with E-state index < -0.39 is 0 Å². The lowest BCUT2D eigenvalue weighted by Crippen LogP contribution is -2.15. The molecular weight excluding hydrogens is 1680 g/mol. The molecule has 3 aliphatic rings. The van der Waals surface area contributed by atoms with Gasteiger partial charge in [-0.05, 0) is 175 Å². The van der Waals surface area contributed by atoms with Crippen molar-refractivity contribution in [2.75, 3.05) is 0 Å². The molecule has 6 heterocycles. The van der Waals surface area contributed by atoms with Crippen LogP contribution in [0.3, 0.4) is 0 Å². The molecule has 12 nitrogen and oxygen atoms in total. The van der Waals surface area contributed by atoms with E-state index in [1.54, 1.807) is 0 Å². The van der Waals surface area contributed by atoms with Crippen LogP contribution in [-0.4, -0.2) is 58.6 Å². The van der Waals surface area contributed by atoms with E-state index >= 15 is 0 Å². The first-order chi connectivity index (χ1) is 67.7. The second-order valence-electron chi connectivity index (χ2n) is 37.6. The van der Waals surface area contributed by atoms with Crippen molar-refractivity contribution < 1.29 is 0 Å². The van der Waals surface area contributed by atoms with Crippen LogP contribution in [0.1, 0.15) is 74.9 Å². The van der Waals surface area contributed by atoms with Gasteiger partial charge >= 0.3 is 0 Å². The van der Waals surface area contributed by atoms with E-state index in [-0.39, 0.29) is 16.2 Å². The van der Waals surface area contributed by atoms with Crippen molar-refractivity contribution in [2.45, 2.75) is 57.8 Å². The molecule has 27 rings (SSSR count). The first kappa shape index (κ1) is 82.3. The molecule has 0 unspecified atom stereocenters. The van der Waals surface area contributed by atoms with Crippen LogP contribution in [0.15, 0.2) is 437 Å². The highest BCUT2D eigenvalue weighted by atomic mass is 15.2. The van der Waals surface area contributed by atoms with Gasteiger partial charge in [0.1, 0.15) is 0 Å². The van der Waals surface area contributed by atoms with Crippen molar-refractivity contribution in [3.05, 3.63) is 470 Å². The predicted octanol–water partition coefficient (Wildman–Crippen LogP) is 30.8. The zero-order valence-corrected chi connectivity index (χ0v) is 76.9. The Labute approximate surface area is 799 Å². The van der Waals surface area contributed by atoms with Crippen molar-refractivity contribution in [3.63, 3.8) is 0 Å². The molecule has 0 aliphatic heterocycles. The van der Waals surface area contributed by atoms with E-state index in [2.05, 4.69) is 334 Å². The Morgan fingerprint density at radius 3 is 0.855 bits per heavy atom. The van der Waals surface area contributed by atoms with Crippen molar-refractivity contribution >= 4 is 65.4 Å². The molecule has 0 saturated heterocycles. The predicted molar refractivity (Wildman–Crippen MR) is 564 cm³/mol. The molecule has 0 fully saturated rings. The number of fused-ring (bicyclic) bond motifs is 18. The van der Waals surface area contributed by atoms with Gasteiger partial charge in [0.25, 0.3) is 0 Å². The van der Waals surface area contributed by atoms with E-state index in [1.807, 2.05) is 158 Å². The molecule has 6 aromatic heterocycles. The summed E-state index contributed by atoms with van der Waals surface area (Å²) >= 11 is 0. The van der Waals surface area contributed by atoms with E-state index in [1.165, 1.54) is 132 Å². The van der Waals surface area contributed by atoms with Gasteiger partial charge in [-0.1, -0.05) is 381 Å². The second kappa shape index (κ2) is 32.9. The summed E-state index contributed by atoms with van der Waals surface area (Å²) in [6, 6.07) is 154. The molecule has 0 atom stereocenters. The Balaban J connectivity index is 0.000000110. The third kappa shape index (κ3) is 13.9. The van der Waals surface area contributed by atoms with Gasteiger partial charge in [-0.3, -0.25) is 4.57 Å². The molecule has 24 aromatic rings. The number of hydrogen-bond acceptors (Lipinski definition) is 9. The highest BCUT2D eigenvalue weighted by Gasteiger charge is 2.40. The highest BCUT2D eigenvalue weighted by molar-refractivity contribution is 6.15. The Bertz CT molecular complexity index is 8760. The van der Waals surface area contributed by atoms with Crippen LogP contribution < -0.4 is 0 Å². The number of rotatable bonds is 12. The van der Waals surface area contributed by atoms with Crippen LogP contribution in [-0.2, 0) is 16.2 Å². The lowest BCUT2D eigenvalue weighted by atomic mass is 9.82. The summed E-state index contributed by atoms with van der Waals surface area (Å²) in [7, 11) is 0. The molecule has 654 valence electrons.